The molecule has 0 saturated heterocycles. The Hall–Kier alpha value is -1.52. The van der Waals surface area contributed by atoms with E-state index in [9.17, 15) is 4.79 Å². The quantitative estimate of drug-likeness (QED) is 0.720. The van der Waals surface area contributed by atoms with Gasteiger partial charge in [-0.3, -0.25) is 9.48 Å². The molecule has 82 valence electrons. The summed E-state index contributed by atoms with van der Waals surface area (Å²) >= 11 is 0. The van der Waals surface area contributed by atoms with E-state index in [1.807, 2.05) is 24.8 Å². The number of anilines is 1. The Kier molecular flexibility index (Phi) is 2.38. The molecule has 0 aromatic carbocycles. The predicted molar refractivity (Wildman–Crippen MR) is 57.2 cm³/mol. The molecule has 0 bridgehead atoms. The maximum atomic E-state index is 11.9. The molecule has 5 nitrogen and oxygen atoms in total. The third kappa shape index (κ3) is 1.82. The molecule has 0 radical (unpaired) electrons. The van der Waals surface area contributed by atoms with E-state index in [-0.39, 0.29) is 11.9 Å². The zero-order valence-corrected chi connectivity index (χ0v) is 9.10. The van der Waals surface area contributed by atoms with Crippen LogP contribution in [-0.2, 0) is 17.8 Å². The van der Waals surface area contributed by atoms with Crippen LogP contribution in [0.5, 0.6) is 0 Å². The second-order valence-corrected chi connectivity index (χ2v) is 4.15. The normalized spacial score (nSPS) is 16.7. The van der Waals surface area contributed by atoms with Gasteiger partial charge in [-0.05, 0) is 13.8 Å². The molecule has 1 aliphatic heterocycles. The summed E-state index contributed by atoms with van der Waals surface area (Å²) in [4.78, 5) is 13.7. The van der Waals surface area contributed by atoms with Crippen LogP contribution in [0, 0.1) is 0 Å². The Morgan fingerprint density at radius 1 is 1.53 bits per heavy atom. The van der Waals surface area contributed by atoms with Crippen LogP contribution in [0.4, 0.5) is 5.82 Å². The summed E-state index contributed by atoms with van der Waals surface area (Å²) < 4.78 is 1.71. The van der Waals surface area contributed by atoms with E-state index < -0.39 is 0 Å². The highest BCUT2D eigenvalue weighted by Gasteiger charge is 2.23. The summed E-state index contributed by atoms with van der Waals surface area (Å²) in [6, 6.07) is 2.09. The van der Waals surface area contributed by atoms with Gasteiger partial charge in [0.25, 0.3) is 0 Å². The topological polar surface area (TPSA) is 64.2 Å². The molecule has 0 spiro atoms. The molecule has 0 saturated carbocycles. The fourth-order valence-electron chi connectivity index (χ4n) is 1.94. The summed E-state index contributed by atoms with van der Waals surface area (Å²) in [6.07, 6.45) is 0.827. The van der Waals surface area contributed by atoms with Gasteiger partial charge in [-0.2, -0.15) is 5.10 Å². The summed E-state index contributed by atoms with van der Waals surface area (Å²) in [7, 11) is 0. The smallest absolute Gasteiger partial charge is 0.244 e. The first-order chi connectivity index (χ1) is 7.08. The van der Waals surface area contributed by atoms with Crippen LogP contribution in [0.15, 0.2) is 6.07 Å². The molecule has 0 unspecified atom stereocenters. The number of nitrogens with zero attached hydrogens (tertiary/aromatic N) is 3. The van der Waals surface area contributed by atoms with E-state index in [1.165, 1.54) is 0 Å². The van der Waals surface area contributed by atoms with Crippen LogP contribution in [0.2, 0.25) is 0 Å². The van der Waals surface area contributed by atoms with Crippen molar-refractivity contribution in [3.63, 3.8) is 0 Å². The number of fused-ring (bicyclic) bond motifs is 1. The molecular formula is C10H16N4O. The van der Waals surface area contributed by atoms with Gasteiger partial charge in [-0.25, -0.2) is 0 Å². The van der Waals surface area contributed by atoms with Gasteiger partial charge in [0.2, 0.25) is 5.91 Å². The first-order valence-corrected chi connectivity index (χ1v) is 5.19. The number of carbonyl (C=O) groups is 1. The Balaban J connectivity index is 2.24. The number of nitrogens with two attached hydrogens (primary N) is 1. The lowest BCUT2D eigenvalue weighted by atomic mass is 10.2. The van der Waals surface area contributed by atoms with E-state index in [2.05, 4.69) is 5.10 Å². The molecule has 2 N–H and O–H groups in total. The molecule has 1 aliphatic rings. The SMILES string of the molecule is CC(C)N1CCc2cc(N)nn2CC1=O. The van der Waals surface area contributed by atoms with Crippen LogP contribution in [0.3, 0.4) is 0 Å². The van der Waals surface area contributed by atoms with E-state index in [0.29, 0.717) is 12.4 Å². The van der Waals surface area contributed by atoms with Crippen LogP contribution in [0.25, 0.3) is 0 Å². The molecule has 5 heteroatoms. The molecule has 0 aliphatic carbocycles. The van der Waals surface area contributed by atoms with Crippen LogP contribution in [-0.4, -0.2) is 33.2 Å². The van der Waals surface area contributed by atoms with Gasteiger partial charge in [0.05, 0.1) is 0 Å². The molecule has 0 fully saturated rings. The van der Waals surface area contributed by atoms with Crippen molar-refractivity contribution in [3.05, 3.63) is 11.8 Å². The summed E-state index contributed by atoms with van der Waals surface area (Å²) in [5, 5.41) is 4.10. The van der Waals surface area contributed by atoms with Gasteiger partial charge in [-0.1, -0.05) is 0 Å². The standard InChI is InChI=1S/C10H16N4O/c1-7(2)13-4-3-8-5-9(11)12-14(8)6-10(13)15/h5,7H,3-4,6H2,1-2H3,(H2,11,12). The number of hydrogen-bond donors (Lipinski definition) is 1. The number of amides is 1. The fraction of sp³-hybridized carbons (Fsp3) is 0.600. The minimum atomic E-state index is 0.117. The Bertz CT molecular complexity index is 383. The van der Waals surface area contributed by atoms with Crippen LogP contribution < -0.4 is 5.73 Å². The van der Waals surface area contributed by atoms with E-state index in [0.717, 1.165) is 18.7 Å². The van der Waals surface area contributed by atoms with Gasteiger partial charge in [0, 0.05) is 30.8 Å². The number of hydrogen-bond acceptors (Lipinski definition) is 3. The summed E-state index contributed by atoms with van der Waals surface area (Å²) in [6.45, 7) is 5.12. The number of nitrogen functional groups attached to an aromatic ring is 1. The largest absolute Gasteiger partial charge is 0.382 e. The molecular weight excluding hydrogens is 192 g/mol. The molecule has 0 atom stereocenters. The number of rotatable bonds is 1. The average molecular weight is 208 g/mol. The van der Waals surface area contributed by atoms with E-state index in [1.54, 1.807) is 4.68 Å². The fourth-order valence-corrected chi connectivity index (χ4v) is 1.94. The molecule has 1 aromatic heterocycles. The van der Waals surface area contributed by atoms with Crippen molar-refractivity contribution in [3.8, 4) is 0 Å². The molecule has 1 amide bonds. The highest BCUT2D eigenvalue weighted by Crippen LogP contribution is 2.13. The molecule has 1 aromatic rings. The van der Waals surface area contributed by atoms with Crippen molar-refractivity contribution < 1.29 is 4.79 Å². The first-order valence-electron chi connectivity index (χ1n) is 5.19. The lowest BCUT2D eigenvalue weighted by Crippen LogP contribution is -2.38. The maximum Gasteiger partial charge on any atom is 0.244 e. The van der Waals surface area contributed by atoms with Crippen molar-refractivity contribution in [2.45, 2.75) is 32.9 Å². The Morgan fingerprint density at radius 3 is 2.93 bits per heavy atom. The Morgan fingerprint density at radius 2 is 2.27 bits per heavy atom. The second kappa shape index (κ2) is 3.56. The number of carbonyl (C=O) groups excluding carboxylic acids is 1. The van der Waals surface area contributed by atoms with Crippen molar-refractivity contribution in [2.24, 2.45) is 0 Å². The highest BCUT2D eigenvalue weighted by molar-refractivity contribution is 5.76. The predicted octanol–water partition coefficient (Wildman–Crippen LogP) is 0.258. The van der Waals surface area contributed by atoms with Gasteiger partial charge < -0.3 is 10.6 Å². The lowest BCUT2D eigenvalue weighted by Gasteiger charge is -2.24. The van der Waals surface area contributed by atoms with Crippen molar-refractivity contribution >= 4 is 11.7 Å². The van der Waals surface area contributed by atoms with Crippen molar-refractivity contribution in [1.82, 2.24) is 14.7 Å². The van der Waals surface area contributed by atoms with Gasteiger partial charge >= 0.3 is 0 Å². The third-order valence-corrected chi connectivity index (χ3v) is 2.72. The molecule has 2 heterocycles. The molecule has 2 rings (SSSR count). The van der Waals surface area contributed by atoms with Crippen molar-refractivity contribution in [1.29, 1.82) is 0 Å². The monoisotopic (exact) mass is 208 g/mol. The molecule has 15 heavy (non-hydrogen) atoms. The van der Waals surface area contributed by atoms with Gasteiger partial charge in [0.15, 0.2) is 0 Å². The zero-order chi connectivity index (χ0) is 11.0. The van der Waals surface area contributed by atoms with Gasteiger partial charge in [0.1, 0.15) is 12.4 Å². The maximum absolute atomic E-state index is 11.9. The zero-order valence-electron chi connectivity index (χ0n) is 9.10. The summed E-state index contributed by atoms with van der Waals surface area (Å²) in [5.41, 5.74) is 6.64. The highest BCUT2D eigenvalue weighted by atomic mass is 16.2. The van der Waals surface area contributed by atoms with Crippen LogP contribution >= 0.6 is 0 Å². The average Bonchev–Trinajstić information content (AvgIpc) is 2.38. The lowest BCUT2D eigenvalue weighted by molar-refractivity contribution is -0.133. The first kappa shape index (κ1) is 10.0. The van der Waals surface area contributed by atoms with E-state index >= 15 is 0 Å². The van der Waals surface area contributed by atoms with E-state index in [4.69, 9.17) is 5.73 Å². The van der Waals surface area contributed by atoms with Crippen molar-refractivity contribution in [2.75, 3.05) is 12.3 Å². The summed E-state index contributed by atoms with van der Waals surface area (Å²) in [5.74, 6) is 0.614. The second-order valence-electron chi connectivity index (χ2n) is 4.15. The Labute approximate surface area is 88.8 Å². The minimum Gasteiger partial charge on any atom is -0.382 e. The number of aromatic nitrogens is 2. The van der Waals surface area contributed by atoms with Crippen LogP contribution in [0.1, 0.15) is 19.5 Å². The third-order valence-electron chi connectivity index (χ3n) is 2.72. The minimum absolute atomic E-state index is 0.117. The van der Waals surface area contributed by atoms with Gasteiger partial charge in [-0.15, -0.1) is 0 Å².